The standard InChI is InChI=1S/C21H33N3O/c1-17(2)22-21(25)19-8-14-24(15-9-19)20-10-12-23(13-11-20)16-18-6-4-3-5-7-18/h3-7,17,19-20H,8-16H2,1-2H3,(H,22,25). The summed E-state index contributed by atoms with van der Waals surface area (Å²) in [6.45, 7) is 9.69. The maximum Gasteiger partial charge on any atom is 0.223 e. The van der Waals surface area contributed by atoms with Crippen LogP contribution >= 0.6 is 0 Å². The molecule has 1 amide bonds. The molecule has 4 nitrogen and oxygen atoms in total. The lowest BCUT2D eigenvalue weighted by Gasteiger charge is -2.41. The Morgan fingerprint density at radius 2 is 1.68 bits per heavy atom. The van der Waals surface area contributed by atoms with Crippen molar-refractivity contribution in [1.29, 1.82) is 0 Å². The van der Waals surface area contributed by atoms with Crippen LogP contribution in [0.3, 0.4) is 0 Å². The van der Waals surface area contributed by atoms with Crippen LogP contribution in [0.4, 0.5) is 0 Å². The fourth-order valence-electron chi connectivity index (χ4n) is 4.21. The molecule has 2 aliphatic heterocycles. The summed E-state index contributed by atoms with van der Waals surface area (Å²) in [5, 5.41) is 3.07. The van der Waals surface area contributed by atoms with Crippen LogP contribution in [-0.2, 0) is 11.3 Å². The normalized spacial score (nSPS) is 21.6. The Labute approximate surface area is 152 Å². The van der Waals surface area contributed by atoms with Crippen molar-refractivity contribution in [2.24, 2.45) is 5.92 Å². The van der Waals surface area contributed by atoms with E-state index >= 15 is 0 Å². The predicted octanol–water partition coefficient (Wildman–Crippen LogP) is 2.89. The van der Waals surface area contributed by atoms with Gasteiger partial charge in [0.05, 0.1) is 0 Å². The number of hydrogen-bond acceptors (Lipinski definition) is 3. The first-order valence-electron chi connectivity index (χ1n) is 9.92. The Bertz CT molecular complexity index is 529. The molecule has 1 aromatic carbocycles. The number of carbonyl (C=O) groups is 1. The number of likely N-dealkylation sites (tertiary alicyclic amines) is 2. The number of hydrogen-bond donors (Lipinski definition) is 1. The van der Waals surface area contributed by atoms with E-state index in [2.05, 4.69) is 45.4 Å². The van der Waals surface area contributed by atoms with Crippen LogP contribution in [0.1, 0.15) is 45.1 Å². The van der Waals surface area contributed by atoms with Gasteiger partial charge >= 0.3 is 0 Å². The van der Waals surface area contributed by atoms with E-state index in [-0.39, 0.29) is 17.9 Å². The van der Waals surface area contributed by atoms with E-state index in [1.807, 2.05) is 13.8 Å². The van der Waals surface area contributed by atoms with Crippen molar-refractivity contribution < 1.29 is 4.79 Å². The van der Waals surface area contributed by atoms with Crippen LogP contribution in [0.5, 0.6) is 0 Å². The lowest BCUT2D eigenvalue weighted by Crippen LogP contribution is -2.49. The van der Waals surface area contributed by atoms with Crippen LogP contribution in [0, 0.1) is 5.92 Å². The zero-order valence-electron chi connectivity index (χ0n) is 15.8. The van der Waals surface area contributed by atoms with Crippen molar-refractivity contribution in [2.75, 3.05) is 26.2 Å². The molecule has 1 N–H and O–H groups in total. The molecule has 0 unspecified atom stereocenters. The van der Waals surface area contributed by atoms with Crippen molar-refractivity contribution in [1.82, 2.24) is 15.1 Å². The molecule has 0 aliphatic carbocycles. The minimum absolute atomic E-state index is 0.219. The molecule has 0 atom stereocenters. The van der Waals surface area contributed by atoms with Gasteiger partial charge in [0.15, 0.2) is 0 Å². The topological polar surface area (TPSA) is 35.6 Å². The first-order chi connectivity index (χ1) is 12.1. The molecule has 4 heteroatoms. The summed E-state index contributed by atoms with van der Waals surface area (Å²) in [4.78, 5) is 17.4. The molecule has 0 bridgehead atoms. The molecule has 2 aliphatic rings. The smallest absolute Gasteiger partial charge is 0.223 e. The fraction of sp³-hybridized carbons (Fsp3) is 0.667. The number of amides is 1. The zero-order chi connectivity index (χ0) is 17.6. The molecule has 25 heavy (non-hydrogen) atoms. The highest BCUT2D eigenvalue weighted by Crippen LogP contribution is 2.24. The molecular formula is C21H33N3O. The lowest BCUT2D eigenvalue weighted by atomic mass is 9.92. The van der Waals surface area contributed by atoms with Crippen molar-refractivity contribution >= 4 is 5.91 Å². The molecule has 2 heterocycles. The van der Waals surface area contributed by atoms with Gasteiger partial charge in [-0.1, -0.05) is 30.3 Å². The summed E-state index contributed by atoms with van der Waals surface area (Å²) in [5.74, 6) is 0.476. The maximum atomic E-state index is 12.2. The fourth-order valence-corrected chi connectivity index (χ4v) is 4.21. The number of piperidine rings is 2. The summed E-state index contributed by atoms with van der Waals surface area (Å²) in [7, 11) is 0. The van der Waals surface area contributed by atoms with Crippen LogP contribution in [0.25, 0.3) is 0 Å². The largest absolute Gasteiger partial charge is 0.354 e. The highest BCUT2D eigenvalue weighted by Gasteiger charge is 2.30. The van der Waals surface area contributed by atoms with Gasteiger partial charge in [0.25, 0.3) is 0 Å². The molecule has 0 saturated carbocycles. The SMILES string of the molecule is CC(C)NC(=O)C1CCN(C2CCN(Cc3ccccc3)CC2)CC1. The lowest BCUT2D eigenvalue weighted by molar-refractivity contribution is -0.127. The van der Waals surface area contributed by atoms with Gasteiger partial charge in [-0.15, -0.1) is 0 Å². The number of nitrogens with zero attached hydrogens (tertiary/aromatic N) is 2. The van der Waals surface area contributed by atoms with Gasteiger partial charge < -0.3 is 10.2 Å². The summed E-state index contributed by atoms with van der Waals surface area (Å²) < 4.78 is 0. The van der Waals surface area contributed by atoms with E-state index in [9.17, 15) is 4.79 Å². The molecule has 2 saturated heterocycles. The van der Waals surface area contributed by atoms with Crippen LogP contribution < -0.4 is 5.32 Å². The van der Waals surface area contributed by atoms with Crippen molar-refractivity contribution in [3.05, 3.63) is 35.9 Å². The second-order valence-electron chi connectivity index (χ2n) is 7.97. The second kappa shape index (κ2) is 8.81. The highest BCUT2D eigenvalue weighted by atomic mass is 16.1. The molecule has 3 rings (SSSR count). The molecule has 1 aromatic rings. The third kappa shape index (κ3) is 5.29. The monoisotopic (exact) mass is 343 g/mol. The minimum Gasteiger partial charge on any atom is -0.354 e. The molecular weight excluding hydrogens is 310 g/mol. The average molecular weight is 344 g/mol. The Morgan fingerprint density at radius 3 is 2.28 bits per heavy atom. The van der Waals surface area contributed by atoms with Gasteiger partial charge in [-0.25, -0.2) is 0 Å². The van der Waals surface area contributed by atoms with Crippen LogP contribution in [-0.4, -0.2) is 54.0 Å². The molecule has 0 spiro atoms. The van der Waals surface area contributed by atoms with E-state index in [0.717, 1.165) is 32.5 Å². The summed E-state index contributed by atoms with van der Waals surface area (Å²) >= 11 is 0. The number of rotatable bonds is 5. The second-order valence-corrected chi connectivity index (χ2v) is 7.97. The van der Waals surface area contributed by atoms with E-state index in [0.29, 0.717) is 6.04 Å². The Kier molecular flexibility index (Phi) is 6.49. The average Bonchev–Trinajstić information content (AvgIpc) is 2.63. The predicted molar refractivity (Wildman–Crippen MR) is 102 cm³/mol. The van der Waals surface area contributed by atoms with Crippen molar-refractivity contribution in [3.63, 3.8) is 0 Å². The summed E-state index contributed by atoms with van der Waals surface area (Å²) in [6, 6.07) is 11.7. The van der Waals surface area contributed by atoms with E-state index < -0.39 is 0 Å². The first-order valence-corrected chi connectivity index (χ1v) is 9.92. The number of carbonyl (C=O) groups excluding carboxylic acids is 1. The molecule has 2 fully saturated rings. The van der Waals surface area contributed by atoms with Gasteiger partial charge in [-0.05, 0) is 71.3 Å². The maximum absolute atomic E-state index is 12.2. The summed E-state index contributed by atoms with van der Waals surface area (Å²) in [6.07, 6.45) is 4.55. The molecule has 0 aromatic heterocycles. The quantitative estimate of drug-likeness (QED) is 0.893. The Balaban J connectivity index is 1.40. The van der Waals surface area contributed by atoms with Gasteiger partial charge in [0.2, 0.25) is 5.91 Å². The summed E-state index contributed by atoms with van der Waals surface area (Å²) in [5.41, 5.74) is 1.41. The minimum atomic E-state index is 0.219. The van der Waals surface area contributed by atoms with Crippen LogP contribution in [0.2, 0.25) is 0 Å². The first kappa shape index (κ1) is 18.4. The van der Waals surface area contributed by atoms with E-state index in [1.165, 1.54) is 31.5 Å². The van der Waals surface area contributed by atoms with Crippen molar-refractivity contribution in [3.8, 4) is 0 Å². The van der Waals surface area contributed by atoms with Crippen molar-refractivity contribution in [2.45, 2.75) is 58.2 Å². The Hall–Kier alpha value is -1.39. The number of nitrogens with one attached hydrogen (secondary N) is 1. The molecule has 138 valence electrons. The van der Waals surface area contributed by atoms with E-state index in [4.69, 9.17) is 0 Å². The zero-order valence-corrected chi connectivity index (χ0v) is 15.8. The Morgan fingerprint density at radius 1 is 1.04 bits per heavy atom. The van der Waals surface area contributed by atoms with Gasteiger partial charge in [0, 0.05) is 24.5 Å². The van der Waals surface area contributed by atoms with Crippen LogP contribution in [0.15, 0.2) is 30.3 Å². The van der Waals surface area contributed by atoms with Gasteiger partial charge in [0.1, 0.15) is 0 Å². The highest BCUT2D eigenvalue weighted by molar-refractivity contribution is 5.78. The van der Waals surface area contributed by atoms with Gasteiger partial charge in [-0.3, -0.25) is 9.69 Å². The number of benzene rings is 1. The third-order valence-electron chi connectivity index (χ3n) is 5.65. The third-order valence-corrected chi connectivity index (χ3v) is 5.65. The molecule has 0 radical (unpaired) electrons. The van der Waals surface area contributed by atoms with E-state index in [1.54, 1.807) is 0 Å². The van der Waals surface area contributed by atoms with Gasteiger partial charge in [-0.2, -0.15) is 0 Å².